The summed E-state index contributed by atoms with van der Waals surface area (Å²) in [7, 11) is 0. The summed E-state index contributed by atoms with van der Waals surface area (Å²) in [6.07, 6.45) is 0. The van der Waals surface area contributed by atoms with Crippen LogP contribution in [-0.4, -0.2) is 9.55 Å². The van der Waals surface area contributed by atoms with E-state index in [1.54, 1.807) is 16.1 Å². The van der Waals surface area contributed by atoms with Gasteiger partial charge in [0, 0.05) is 6.92 Å². The van der Waals surface area contributed by atoms with Crippen LogP contribution in [0.3, 0.4) is 0 Å². The van der Waals surface area contributed by atoms with Crippen LogP contribution >= 0.6 is 0 Å². The van der Waals surface area contributed by atoms with E-state index in [4.69, 9.17) is 0 Å². The van der Waals surface area contributed by atoms with Crippen molar-refractivity contribution in [1.82, 2.24) is 9.55 Å². The van der Waals surface area contributed by atoms with E-state index in [9.17, 15) is 9.59 Å². The minimum atomic E-state index is -0.388. The molecule has 0 saturated carbocycles. The molecule has 0 fully saturated rings. The number of nitrogens with zero attached hydrogens (tertiary/aromatic N) is 2. The summed E-state index contributed by atoms with van der Waals surface area (Å²) >= 11 is 0. The number of H-pyrrole nitrogens is 1. The second-order valence-corrected chi connectivity index (χ2v) is 5.43. The molecule has 116 valence electrons. The Morgan fingerprint density at radius 1 is 0.913 bits per heavy atom. The first-order valence-corrected chi connectivity index (χ1v) is 7.46. The molecule has 3 aromatic rings. The molecule has 2 aromatic carbocycles. The summed E-state index contributed by atoms with van der Waals surface area (Å²) in [6.45, 7) is 2.65. The molecule has 5 heteroatoms. The smallest absolute Gasteiger partial charge is 0.212 e. The van der Waals surface area contributed by atoms with Crippen molar-refractivity contribution in [3.63, 3.8) is 0 Å². The highest BCUT2D eigenvalue weighted by molar-refractivity contribution is 5.15. The van der Waals surface area contributed by atoms with Gasteiger partial charge in [-0.1, -0.05) is 60.7 Å². The van der Waals surface area contributed by atoms with Gasteiger partial charge in [-0.05, 0) is 11.1 Å². The fourth-order valence-electron chi connectivity index (χ4n) is 2.57. The van der Waals surface area contributed by atoms with E-state index >= 15 is 0 Å². The molecule has 1 heterocycles. The fourth-order valence-corrected chi connectivity index (χ4v) is 2.57. The van der Waals surface area contributed by atoms with Crippen LogP contribution in [0.15, 0.2) is 70.3 Å². The van der Waals surface area contributed by atoms with E-state index in [1.165, 1.54) is 0 Å². The Bertz CT molecular complexity index is 839. The largest absolute Gasteiger partial charge is 0.446 e. The lowest BCUT2D eigenvalue weighted by atomic mass is 10.2. The molecule has 1 aromatic heterocycles. The van der Waals surface area contributed by atoms with Crippen LogP contribution in [0.2, 0.25) is 0 Å². The number of hydrogen-bond acceptors (Lipinski definition) is 2. The SMILES string of the molecule is Cc1n(Cc2ccccc2)c(=O)[nH]c(=O)[n+]1Cc1ccccc1. The third kappa shape index (κ3) is 3.29. The standard InChI is InChI=1S/C18H17N3O2/c1-14-20(12-15-8-4-2-5-9-15)17(22)19-18(23)21(14)13-16-10-6-3-7-11-16/h2-11H,12-13H2,1H3/p+1. The molecule has 0 aliphatic heterocycles. The highest BCUT2D eigenvalue weighted by Crippen LogP contribution is 2.01. The molecule has 0 unspecified atom stereocenters. The minimum Gasteiger partial charge on any atom is -0.212 e. The number of hydrogen-bond donors (Lipinski definition) is 1. The molecule has 23 heavy (non-hydrogen) atoms. The maximum atomic E-state index is 12.2. The first-order valence-electron chi connectivity index (χ1n) is 7.46. The summed E-state index contributed by atoms with van der Waals surface area (Å²) in [5.74, 6) is 0.631. The zero-order chi connectivity index (χ0) is 16.2. The van der Waals surface area contributed by atoms with Crippen molar-refractivity contribution in [2.75, 3.05) is 0 Å². The molecule has 0 radical (unpaired) electrons. The Hall–Kier alpha value is -2.95. The maximum Gasteiger partial charge on any atom is 0.446 e. The number of benzene rings is 2. The summed E-state index contributed by atoms with van der Waals surface area (Å²) in [5.41, 5.74) is 1.24. The number of nitrogens with one attached hydrogen (secondary N) is 1. The second-order valence-electron chi connectivity index (χ2n) is 5.43. The van der Waals surface area contributed by atoms with E-state index < -0.39 is 0 Å². The maximum absolute atomic E-state index is 12.2. The van der Waals surface area contributed by atoms with Crippen LogP contribution < -0.4 is 15.9 Å². The van der Waals surface area contributed by atoms with Gasteiger partial charge in [-0.2, -0.15) is 14.1 Å². The zero-order valence-corrected chi connectivity index (χ0v) is 12.9. The van der Waals surface area contributed by atoms with E-state index in [0.717, 1.165) is 11.1 Å². The van der Waals surface area contributed by atoms with Crippen LogP contribution in [0.25, 0.3) is 0 Å². The third-order valence-electron chi connectivity index (χ3n) is 3.85. The van der Waals surface area contributed by atoms with Crippen LogP contribution in [0.5, 0.6) is 0 Å². The normalized spacial score (nSPS) is 10.7. The van der Waals surface area contributed by atoms with E-state index in [1.807, 2.05) is 60.7 Å². The van der Waals surface area contributed by atoms with Gasteiger partial charge in [0.2, 0.25) is 5.82 Å². The van der Waals surface area contributed by atoms with Gasteiger partial charge >= 0.3 is 11.4 Å². The van der Waals surface area contributed by atoms with Crippen LogP contribution in [0.4, 0.5) is 0 Å². The van der Waals surface area contributed by atoms with Gasteiger partial charge in [-0.15, -0.1) is 0 Å². The van der Waals surface area contributed by atoms with Crippen molar-refractivity contribution in [2.24, 2.45) is 0 Å². The van der Waals surface area contributed by atoms with Crippen molar-refractivity contribution in [1.29, 1.82) is 0 Å². The van der Waals surface area contributed by atoms with Crippen molar-refractivity contribution < 1.29 is 4.57 Å². The molecular formula is C18H18N3O2+. The highest BCUT2D eigenvalue weighted by atomic mass is 16.2. The van der Waals surface area contributed by atoms with Crippen LogP contribution in [0.1, 0.15) is 17.0 Å². The van der Waals surface area contributed by atoms with Crippen molar-refractivity contribution in [2.45, 2.75) is 20.0 Å². The topological polar surface area (TPSA) is 58.7 Å². The van der Waals surface area contributed by atoms with E-state index in [-0.39, 0.29) is 11.4 Å². The molecule has 0 aliphatic carbocycles. The molecule has 0 aliphatic rings. The van der Waals surface area contributed by atoms with Gasteiger partial charge in [-0.3, -0.25) is 0 Å². The molecule has 0 bridgehead atoms. The van der Waals surface area contributed by atoms with Gasteiger partial charge < -0.3 is 0 Å². The number of rotatable bonds is 4. The predicted molar refractivity (Wildman–Crippen MR) is 87.3 cm³/mol. The zero-order valence-electron chi connectivity index (χ0n) is 12.9. The Labute approximate surface area is 133 Å². The Morgan fingerprint density at radius 2 is 1.48 bits per heavy atom. The average Bonchev–Trinajstić information content (AvgIpc) is 2.57. The molecule has 3 rings (SSSR count). The lowest BCUT2D eigenvalue weighted by molar-refractivity contribution is -0.716. The Morgan fingerprint density at radius 3 is 2.09 bits per heavy atom. The van der Waals surface area contributed by atoms with Gasteiger partial charge in [0.05, 0.1) is 0 Å². The molecule has 0 amide bonds. The van der Waals surface area contributed by atoms with E-state index in [0.29, 0.717) is 18.9 Å². The summed E-state index contributed by atoms with van der Waals surface area (Å²) in [4.78, 5) is 26.7. The Balaban J connectivity index is 2.03. The van der Waals surface area contributed by atoms with Gasteiger partial charge in [0.25, 0.3) is 0 Å². The number of aromatic nitrogens is 3. The third-order valence-corrected chi connectivity index (χ3v) is 3.85. The molecule has 5 nitrogen and oxygen atoms in total. The summed E-state index contributed by atoms with van der Waals surface area (Å²) in [6, 6.07) is 19.4. The molecule has 0 spiro atoms. The summed E-state index contributed by atoms with van der Waals surface area (Å²) in [5, 5.41) is 0. The molecule has 0 atom stereocenters. The van der Waals surface area contributed by atoms with Gasteiger partial charge in [-0.25, -0.2) is 9.59 Å². The van der Waals surface area contributed by atoms with Crippen LogP contribution in [-0.2, 0) is 13.1 Å². The fraction of sp³-hybridized carbons (Fsp3) is 0.167. The van der Waals surface area contributed by atoms with Gasteiger partial charge in [0.1, 0.15) is 13.1 Å². The van der Waals surface area contributed by atoms with Crippen molar-refractivity contribution in [3.8, 4) is 0 Å². The van der Waals surface area contributed by atoms with Crippen LogP contribution in [0, 0.1) is 6.92 Å². The second kappa shape index (κ2) is 6.44. The minimum absolute atomic E-state index is 0.388. The average molecular weight is 308 g/mol. The lowest BCUT2D eigenvalue weighted by Gasteiger charge is -2.09. The first-order chi connectivity index (χ1) is 11.1. The molecule has 0 saturated heterocycles. The van der Waals surface area contributed by atoms with E-state index in [2.05, 4.69) is 4.98 Å². The summed E-state index contributed by atoms with van der Waals surface area (Å²) < 4.78 is 3.17. The highest BCUT2D eigenvalue weighted by Gasteiger charge is 2.17. The van der Waals surface area contributed by atoms with Crippen molar-refractivity contribution in [3.05, 3.63) is 98.6 Å². The lowest BCUT2D eigenvalue weighted by Crippen LogP contribution is -2.59. The molecule has 1 N–H and O–H groups in total. The Kier molecular flexibility index (Phi) is 4.19. The molecular weight excluding hydrogens is 290 g/mol. The monoisotopic (exact) mass is 308 g/mol. The number of aromatic amines is 1. The van der Waals surface area contributed by atoms with Gasteiger partial charge in [0.15, 0.2) is 0 Å². The quantitative estimate of drug-likeness (QED) is 0.737. The van der Waals surface area contributed by atoms with Crippen molar-refractivity contribution >= 4 is 0 Å². The predicted octanol–water partition coefficient (Wildman–Crippen LogP) is 1.23. The first kappa shape index (κ1) is 15.0.